The van der Waals surface area contributed by atoms with Crippen molar-refractivity contribution >= 4 is 56.6 Å². The van der Waals surface area contributed by atoms with Gasteiger partial charge in [0.05, 0.1) is 0 Å². The summed E-state index contributed by atoms with van der Waals surface area (Å²) in [6, 6.07) is 50.8. The highest BCUT2D eigenvalue weighted by Gasteiger charge is 2.35. The third-order valence-corrected chi connectivity index (χ3v) is 12.5. The summed E-state index contributed by atoms with van der Waals surface area (Å²) < 4.78 is 0. The molecule has 0 aliphatic heterocycles. The van der Waals surface area contributed by atoms with E-state index in [2.05, 4.69) is 172 Å². The SMILES string of the molecule is CC1(C)c2ccccc2-c2ccc(-c3c4ccccc4c(-c4ccc5cc(-c6cccc7c6=CCCC=7)c6c(c5c4)=CCCC=6)c4ccccc34)cc21. The molecule has 3 aliphatic rings. The van der Waals surface area contributed by atoms with Crippen LogP contribution in [0.15, 0.2) is 133 Å². The Morgan fingerprint density at radius 3 is 1.68 bits per heavy atom. The Bertz CT molecular complexity index is 3080. The van der Waals surface area contributed by atoms with Gasteiger partial charge in [-0.15, -0.1) is 0 Å². The number of benzene rings is 8. The quantitative estimate of drug-likeness (QED) is 0.163. The first-order valence-electron chi connectivity index (χ1n) is 19.3. The molecule has 0 amide bonds. The standard InChI is InChI=1S/C53H40/c1-53(2)49-25-12-11-19-41(49)42-29-28-36(32-50(42)53)52-45-22-9-7-20-43(45)51(44-21-8-10-23-46(44)52)35-27-26-34-30-48(40-18-6-5-17-39(40)47(34)31-35)38-24-13-15-33-14-3-4-16-37(33)38/h7-32H,3-6H2,1-2H3. The van der Waals surface area contributed by atoms with Gasteiger partial charge in [-0.2, -0.15) is 0 Å². The van der Waals surface area contributed by atoms with E-state index in [0.29, 0.717) is 0 Å². The highest BCUT2D eigenvalue weighted by atomic mass is 14.4. The fourth-order valence-corrected chi connectivity index (χ4v) is 10.0. The Morgan fingerprint density at radius 1 is 0.377 bits per heavy atom. The first-order valence-corrected chi connectivity index (χ1v) is 19.3. The van der Waals surface area contributed by atoms with E-state index in [1.54, 1.807) is 0 Å². The summed E-state index contributed by atoms with van der Waals surface area (Å²) in [6.45, 7) is 4.75. The van der Waals surface area contributed by atoms with Gasteiger partial charge >= 0.3 is 0 Å². The lowest BCUT2D eigenvalue weighted by atomic mass is 9.80. The molecule has 0 atom stereocenters. The smallest absolute Gasteiger partial charge is 0.0159 e. The molecule has 0 radical (unpaired) electrons. The summed E-state index contributed by atoms with van der Waals surface area (Å²) in [7, 11) is 0. The Balaban J connectivity index is 1.15. The summed E-state index contributed by atoms with van der Waals surface area (Å²) in [5.41, 5.74) is 13.4. The molecule has 11 rings (SSSR count). The number of fused-ring (bicyclic) bond motifs is 9. The van der Waals surface area contributed by atoms with E-state index in [0.717, 1.165) is 25.7 Å². The summed E-state index contributed by atoms with van der Waals surface area (Å²) in [6.07, 6.45) is 14.2. The lowest BCUT2D eigenvalue weighted by Crippen LogP contribution is -2.34. The van der Waals surface area contributed by atoms with E-state index in [1.807, 2.05) is 0 Å². The topological polar surface area (TPSA) is 0 Å². The van der Waals surface area contributed by atoms with Crippen molar-refractivity contribution in [3.63, 3.8) is 0 Å². The molecule has 0 N–H and O–H groups in total. The number of hydrogen-bond acceptors (Lipinski definition) is 0. The van der Waals surface area contributed by atoms with Gasteiger partial charge < -0.3 is 0 Å². The normalized spacial score (nSPS) is 15.1. The second-order valence-electron chi connectivity index (χ2n) is 15.7. The van der Waals surface area contributed by atoms with Gasteiger partial charge in [0.15, 0.2) is 0 Å². The lowest BCUT2D eigenvalue weighted by molar-refractivity contribution is 0.660. The van der Waals surface area contributed by atoms with Crippen molar-refractivity contribution in [2.24, 2.45) is 0 Å². The highest BCUT2D eigenvalue weighted by molar-refractivity contribution is 6.22. The molecule has 0 heteroatoms. The summed E-state index contributed by atoms with van der Waals surface area (Å²) in [4.78, 5) is 0. The fraction of sp³-hybridized carbons (Fsp3) is 0.132. The van der Waals surface area contributed by atoms with Gasteiger partial charge in [-0.25, -0.2) is 0 Å². The van der Waals surface area contributed by atoms with Crippen LogP contribution in [0.5, 0.6) is 0 Å². The van der Waals surface area contributed by atoms with Crippen molar-refractivity contribution in [1.29, 1.82) is 0 Å². The molecular weight excluding hydrogens is 637 g/mol. The average molecular weight is 677 g/mol. The minimum atomic E-state index is -0.0530. The van der Waals surface area contributed by atoms with Crippen LogP contribution in [0.3, 0.4) is 0 Å². The Morgan fingerprint density at radius 2 is 0.943 bits per heavy atom. The van der Waals surface area contributed by atoms with Crippen LogP contribution < -0.4 is 20.9 Å². The molecule has 0 nitrogen and oxygen atoms in total. The zero-order chi connectivity index (χ0) is 35.3. The molecule has 252 valence electrons. The van der Waals surface area contributed by atoms with E-state index in [-0.39, 0.29) is 5.41 Å². The van der Waals surface area contributed by atoms with Crippen molar-refractivity contribution in [2.75, 3.05) is 0 Å². The molecule has 0 unspecified atom stereocenters. The fourth-order valence-electron chi connectivity index (χ4n) is 10.0. The minimum absolute atomic E-state index is 0.0530. The van der Waals surface area contributed by atoms with Gasteiger partial charge in [-0.3, -0.25) is 0 Å². The molecule has 3 aliphatic carbocycles. The third-order valence-electron chi connectivity index (χ3n) is 12.5. The van der Waals surface area contributed by atoms with E-state index in [1.165, 1.54) is 109 Å². The van der Waals surface area contributed by atoms with E-state index >= 15 is 0 Å². The molecule has 53 heavy (non-hydrogen) atoms. The van der Waals surface area contributed by atoms with Crippen molar-refractivity contribution in [3.8, 4) is 44.5 Å². The summed E-state index contributed by atoms with van der Waals surface area (Å²) >= 11 is 0. The molecule has 0 fully saturated rings. The van der Waals surface area contributed by atoms with Crippen molar-refractivity contribution < 1.29 is 0 Å². The Hall–Kier alpha value is -5.98. The lowest BCUT2D eigenvalue weighted by Gasteiger charge is -2.23. The molecule has 0 heterocycles. The highest BCUT2D eigenvalue weighted by Crippen LogP contribution is 2.51. The van der Waals surface area contributed by atoms with E-state index < -0.39 is 0 Å². The van der Waals surface area contributed by atoms with Crippen LogP contribution >= 0.6 is 0 Å². The Labute approximate surface area is 310 Å². The molecule has 0 aromatic heterocycles. The van der Waals surface area contributed by atoms with Crippen molar-refractivity contribution in [2.45, 2.75) is 44.9 Å². The van der Waals surface area contributed by atoms with Crippen LogP contribution in [0, 0.1) is 0 Å². The van der Waals surface area contributed by atoms with Crippen LogP contribution in [0.1, 0.15) is 50.7 Å². The summed E-state index contributed by atoms with van der Waals surface area (Å²) in [5.74, 6) is 0. The van der Waals surface area contributed by atoms with Gasteiger partial charge in [-0.05, 0) is 153 Å². The predicted molar refractivity (Wildman–Crippen MR) is 228 cm³/mol. The van der Waals surface area contributed by atoms with Gasteiger partial charge in [0.2, 0.25) is 0 Å². The molecule has 8 aromatic rings. The van der Waals surface area contributed by atoms with Crippen LogP contribution in [0.4, 0.5) is 0 Å². The minimum Gasteiger partial charge on any atom is -0.0763 e. The largest absolute Gasteiger partial charge is 0.0763 e. The van der Waals surface area contributed by atoms with Crippen LogP contribution in [0.25, 0.3) is 101 Å². The van der Waals surface area contributed by atoms with Gasteiger partial charge in [-0.1, -0.05) is 153 Å². The van der Waals surface area contributed by atoms with E-state index in [4.69, 9.17) is 0 Å². The predicted octanol–water partition coefficient (Wildman–Crippen LogP) is 11.2. The molecule has 0 saturated carbocycles. The Kier molecular flexibility index (Phi) is 6.65. The van der Waals surface area contributed by atoms with Gasteiger partial charge in [0.1, 0.15) is 0 Å². The second kappa shape index (κ2) is 11.5. The molecule has 0 spiro atoms. The van der Waals surface area contributed by atoms with E-state index in [9.17, 15) is 0 Å². The molecular formula is C53H40. The van der Waals surface area contributed by atoms with Gasteiger partial charge in [0.25, 0.3) is 0 Å². The van der Waals surface area contributed by atoms with Crippen LogP contribution in [0.2, 0.25) is 0 Å². The first kappa shape index (κ1) is 30.6. The molecule has 8 aromatic carbocycles. The van der Waals surface area contributed by atoms with Crippen LogP contribution in [-0.2, 0) is 5.41 Å². The zero-order valence-electron chi connectivity index (χ0n) is 30.3. The van der Waals surface area contributed by atoms with Crippen molar-refractivity contribution in [3.05, 3.63) is 165 Å². The molecule has 0 bridgehead atoms. The first-order chi connectivity index (χ1) is 26.1. The second-order valence-corrected chi connectivity index (χ2v) is 15.7. The maximum Gasteiger partial charge on any atom is 0.0159 e. The third kappa shape index (κ3) is 4.48. The summed E-state index contributed by atoms with van der Waals surface area (Å²) in [5, 5.41) is 13.4. The molecule has 0 saturated heterocycles. The average Bonchev–Trinajstić information content (AvgIpc) is 3.44. The monoisotopic (exact) mass is 676 g/mol. The van der Waals surface area contributed by atoms with Gasteiger partial charge in [0, 0.05) is 5.41 Å². The van der Waals surface area contributed by atoms with Crippen LogP contribution in [-0.4, -0.2) is 0 Å². The zero-order valence-corrected chi connectivity index (χ0v) is 30.3. The maximum absolute atomic E-state index is 2.49. The maximum atomic E-state index is 2.49. The van der Waals surface area contributed by atoms with Crippen molar-refractivity contribution in [1.82, 2.24) is 0 Å². The number of hydrogen-bond donors (Lipinski definition) is 0. The number of rotatable bonds is 3.